The summed E-state index contributed by atoms with van der Waals surface area (Å²) in [6, 6.07) is 16.0. The molecule has 2 aromatic heterocycles. The number of rotatable bonds is 4. The van der Waals surface area contributed by atoms with Crippen molar-refractivity contribution in [2.75, 3.05) is 5.32 Å². The number of amides is 1. The van der Waals surface area contributed by atoms with Crippen LogP contribution in [0.5, 0.6) is 0 Å². The van der Waals surface area contributed by atoms with Crippen molar-refractivity contribution < 1.29 is 14.1 Å². The number of benzene rings is 2. The van der Waals surface area contributed by atoms with Crippen LogP contribution < -0.4 is 5.32 Å². The van der Waals surface area contributed by atoms with Crippen LogP contribution in [0.3, 0.4) is 0 Å². The van der Waals surface area contributed by atoms with Crippen LogP contribution in [0, 0.1) is 10.1 Å². The molecule has 0 aliphatic heterocycles. The molecular formula is C19H12N4O4. The summed E-state index contributed by atoms with van der Waals surface area (Å²) in [5.74, 6) is -0.0646. The Bertz CT molecular complexity index is 1140. The summed E-state index contributed by atoms with van der Waals surface area (Å²) in [7, 11) is 0. The van der Waals surface area contributed by atoms with Crippen LogP contribution >= 0.6 is 0 Å². The molecule has 0 aliphatic rings. The van der Waals surface area contributed by atoms with Gasteiger partial charge in [0, 0.05) is 35.1 Å². The number of fused-ring (bicyclic) bond motifs is 1. The summed E-state index contributed by atoms with van der Waals surface area (Å²) in [5, 5.41) is 13.6. The molecule has 8 heteroatoms. The van der Waals surface area contributed by atoms with E-state index in [1.165, 1.54) is 24.3 Å². The Balaban J connectivity index is 1.60. The van der Waals surface area contributed by atoms with Gasteiger partial charge in [-0.1, -0.05) is 12.1 Å². The number of nitrogens with zero attached hydrogens (tertiary/aromatic N) is 3. The number of aromatic nitrogens is 2. The van der Waals surface area contributed by atoms with E-state index < -0.39 is 10.8 Å². The smallest absolute Gasteiger partial charge is 0.270 e. The maximum Gasteiger partial charge on any atom is 0.270 e. The maximum absolute atomic E-state index is 12.4. The lowest BCUT2D eigenvalue weighted by atomic mass is 10.1. The molecule has 8 nitrogen and oxygen atoms in total. The zero-order valence-corrected chi connectivity index (χ0v) is 13.8. The number of carbonyl (C=O) groups is 1. The summed E-state index contributed by atoms with van der Waals surface area (Å²) >= 11 is 0. The van der Waals surface area contributed by atoms with E-state index in [2.05, 4.69) is 15.3 Å². The van der Waals surface area contributed by atoms with Gasteiger partial charge in [0.1, 0.15) is 0 Å². The highest BCUT2D eigenvalue weighted by Gasteiger charge is 2.13. The maximum atomic E-state index is 12.4. The van der Waals surface area contributed by atoms with Gasteiger partial charge in [0.25, 0.3) is 11.6 Å². The van der Waals surface area contributed by atoms with Crippen molar-refractivity contribution >= 4 is 28.5 Å². The van der Waals surface area contributed by atoms with E-state index in [4.69, 9.17) is 4.42 Å². The minimum Gasteiger partial charge on any atom is -0.434 e. The molecule has 2 heterocycles. The first kappa shape index (κ1) is 16.4. The standard InChI is InChI=1S/C19H12N4O4/c24-18(12-4-2-7-15(11-12)23(25)26)21-14-6-1-5-13(10-14)19-22-17-16(27-19)8-3-9-20-17/h1-11H,(H,21,24). The van der Waals surface area contributed by atoms with Gasteiger partial charge in [-0.3, -0.25) is 14.9 Å². The van der Waals surface area contributed by atoms with Crippen LogP contribution in [0.25, 0.3) is 22.7 Å². The number of pyridine rings is 1. The highest BCUT2D eigenvalue weighted by Crippen LogP contribution is 2.25. The summed E-state index contributed by atoms with van der Waals surface area (Å²) in [4.78, 5) is 31.2. The van der Waals surface area contributed by atoms with E-state index >= 15 is 0 Å². The Kier molecular flexibility index (Phi) is 4.06. The number of anilines is 1. The van der Waals surface area contributed by atoms with Crippen LogP contribution in [-0.4, -0.2) is 20.8 Å². The Hall–Kier alpha value is -4.07. The Morgan fingerprint density at radius 2 is 1.93 bits per heavy atom. The number of nitrogens with one attached hydrogen (secondary N) is 1. The molecule has 132 valence electrons. The second-order valence-electron chi connectivity index (χ2n) is 5.69. The number of hydrogen-bond donors (Lipinski definition) is 1. The van der Waals surface area contributed by atoms with Crippen molar-refractivity contribution in [2.45, 2.75) is 0 Å². The van der Waals surface area contributed by atoms with E-state index in [-0.39, 0.29) is 11.3 Å². The minimum absolute atomic E-state index is 0.143. The normalized spacial score (nSPS) is 10.7. The van der Waals surface area contributed by atoms with Gasteiger partial charge in [0.2, 0.25) is 5.89 Å². The van der Waals surface area contributed by atoms with E-state index in [0.717, 1.165) is 0 Å². The molecule has 4 aromatic rings. The molecule has 0 aliphatic carbocycles. The number of non-ortho nitro benzene ring substituents is 1. The molecule has 4 rings (SSSR count). The number of nitro groups is 1. The third kappa shape index (κ3) is 3.36. The first-order valence-electron chi connectivity index (χ1n) is 7.98. The quantitative estimate of drug-likeness (QED) is 0.434. The molecule has 27 heavy (non-hydrogen) atoms. The van der Waals surface area contributed by atoms with Crippen molar-refractivity contribution in [3.8, 4) is 11.5 Å². The van der Waals surface area contributed by atoms with Crippen molar-refractivity contribution in [3.63, 3.8) is 0 Å². The van der Waals surface area contributed by atoms with E-state index in [9.17, 15) is 14.9 Å². The lowest BCUT2D eigenvalue weighted by molar-refractivity contribution is -0.384. The van der Waals surface area contributed by atoms with Crippen LogP contribution in [0.15, 0.2) is 71.3 Å². The fraction of sp³-hybridized carbons (Fsp3) is 0. The molecule has 0 saturated heterocycles. The van der Waals surface area contributed by atoms with Crippen LogP contribution in [0.1, 0.15) is 10.4 Å². The highest BCUT2D eigenvalue weighted by atomic mass is 16.6. The molecule has 0 spiro atoms. The van der Waals surface area contributed by atoms with Gasteiger partial charge in [-0.2, -0.15) is 4.98 Å². The average molecular weight is 360 g/mol. The summed E-state index contributed by atoms with van der Waals surface area (Å²) in [6.45, 7) is 0. The predicted molar refractivity (Wildman–Crippen MR) is 98.3 cm³/mol. The second-order valence-corrected chi connectivity index (χ2v) is 5.69. The summed E-state index contributed by atoms with van der Waals surface area (Å²) < 4.78 is 5.68. The summed E-state index contributed by atoms with van der Waals surface area (Å²) in [6.07, 6.45) is 1.63. The lowest BCUT2D eigenvalue weighted by Gasteiger charge is -2.06. The molecule has 0 saturated carbocycles. The molecule has 0 radical (unpaired) electrons. The lowest BCUT2D eigenvalue weighted by Crippen LogP contribution is -2.12. The predicted octanol–water partition coefficient (Wildman–Crippen LogP) is 4.05. The number of nitro benzene ring substituents is 1. The van der Waals surface area contributed by atoms with Crippen molar-refractivity contribution in [3.05, 3.63) is 82.5 Å². The first-order valence-corrected chi connectivity index (χ1v) is 7.98. The van der Waals surface area contributed by atoms with Gasteiger partial charge >= 0.3 is 0 Å². The average Bonchev–Trinajstić information content (AvgIpc) is 3.12. The van der Waals surface area contributed by atoms with Gasteiger partial charge in [-0.05, 0) is 36.4 Å². The first-order chi connectivity index (χ1) is 13.1. The Labute approximate surface area is 152 Å². The van der Waals surface area contributed by atoms with Crippen molar-refractivity contribution in [1.29, 1.82) is 0 Å². The third-order valence-electron chi connectivity index (χ3n) is 3.85. The Morgan fingerprint density at radius 1 is 1.07 bits per heavy atom. The molecule has 0 atom stereocenters. The molecule has 1 N–H and O–H groups in total. The van der Waals surface area contributed by atoms with Gasteiger partial charge in [-0.15, -0.1) is 0 Å². The molecule has 0 fully saturated rings. The number of hydrogen-bond acceptors (Lipinski definition) is 6. The SMILES string of the molecule is O=C(Nc1cccc(-c2nc3ncccc3o2)c1)c1cccc([N+](=O)[O-])c1. The van der Waals surface area contributed by atoms with Gasteiger partial charge in [0.05, 0.1) is 4.92 Å². The second kappa shape index (κ2) is 6.68. The topological polar surface area (TPSA) is 111 Å². The van der Waals surface area contributed by atoms with Crippen LogP contribution in [-0.2, 0) is 0 Å². The Morgan fingerprint density at radius 3 is 2.74 bits per heavy atom. The fourth-order valence-corrected chi connectivity index (χ4v) is 2.59. The van der Waals surface area contributed by atoms with Gasteiger partial charge in [0.15, 0.2) is 11.2 Å². The molecular weight excluding hydrogens is 348 g/mol. The van der Waals surface area contributed by atoms with Crippen molar-refractivity contribution in [1.82, 2.24) is 9.97 Å². The van der Waals surface area contributed by atoms with Gasteiger partial charge < -0.3 is 9.73 Å². The van der Waals surface area contributed by atoms with Gasteiger partial charge in [-0.25, -0.2) is 4.98 Å². The minimum atomic E-state index is -0.543. The van der Waals surface area contributed by atoms with Crippen molar-refractivity contribution in [2.24, 2.45) is 0 Å². The monoisotopic (exact) mass is 360 g/mol. The van der Waals surface area contributed by atoms with Crippen LogP contribution in [0.4, 0.5) is 11.4 Å². The zero-order chi connectivity index (χ0) is 18.8. The molecule has 1 amide bonds. The van der Waals surface area contributed by atoms with E-state index in [0.29, 0.717) is 28.4 Å². The third-order valence-corrected chi connectivity index (χ3v) is 3.85. The fourth-order valence-electron chi connectivity index (χ4n) is 2.59. The van der Waals surface area contributed by atoms with E-state index in [1.807, 2.05) is 0 Å². The van der Waals surface area contributed by atoms with E-state index in [1.54, 1.807) is 42.6 Å². The molecule has 2 aromatic carbocycles. The molecule has 0 unspecified atom stereocenters. The highest BCUT2D eigenvalue weighted by molar-refractivity contribution is 6.04. The number of oxazole rings is 1. The molecule has 0 bridgehead atoms. The summed E-state index contributed by atoms with van der Waals surface area (Å²) in [5.41, 5.74) is 2.30. The van der Waals surface area contributed by atoms with Crippen LogP contribution in [0.2, 0.25) is 0 Å². The zero-order valence-electron chi connectivity index (χ0n) is 13.8. The largest absolute Gasteiger partial charge is 0.434 e. The number of carbonyl (C=O) groups excluding carboxylic acids is 1.